The molecular formula is C13H15BrO4. The molecule has 0 heterocycles. The Hall–Kier alpha value is -1.36. The number of benzene rings is 1. The van der Waals surface area contributed by atoms with Crippen molar-refractivity contribution in [1.29, 1.82) is 0 Å². The number of methoxy groups -OCH3 is 1. The predicted octanol–water partition coefficient (Wildman–Crippen LogP) is 2.73. The van der Waals surface area contributed by atoms with Crippen LogP contribution in [-0.2, 0) is 20.7 Å². The van der Waals surface area contributed by atoms with Gasteiger partial charge in [-0.2, -0.15) is 0 Å². The molecule has 0 aliphatic heterocycles. The molecule has 5 heteroatoms. The van der Waals surface area contributed by atoms with Crippen molar-refractivity contribution in [3.8, 4) is 0 Å². The normalized spacial score (nSPS) is 9.94. The molecule has 0 saturated carbocycles. The van der Waals surface area contributed by atoms with Gasteiger partial charge in [0.1, 0.15) is 0 Å². The number of halogens is 1. The highest BCUT2D eigenvalue weighted by atomic mass is 79.9. The minimum Gasteiger partial charge on any atom is -0.466 e. The summed E-state index contributed by atoms with van der Waals surface area (Å²) in [5, 5.41) is 0. The third kappa shape index (κ3) is 3.84. The van der Waals surface area contributed by atoms with E-state index in [1.165, 1.54) is 7.11 Å². The molecule has 18 heavy (non-hydrogen) atoms. The summed E-state index contributed by atoms with van der Waals surface area (Å²) in [4.78, 5) is 23.0. The maximum absolute atomic E-state index is 11.7. The second-order valence-corrected chi connectivity index (χ2v) is 4.42. The van der Waals surface area contributed by atoms with Crippen molar-refractivity contribution in [2.45, 2.75) is 19.8 Å². The Bertz CT molecular complexity index is 443. The highest BCUT2D eigenvalue weighted by Gasteiger charge is 2.16. The van der Waals surface area contributed by atoms with Crippen molar-refractivity contribution >= 4 is 27.9 Å². The topological polar surface area (TPSA) is 52.6 Å². The summed E-state index contributed by atoms with van der Waals surface area (Å²) in [6.07, 6.45) is 0.691. The fourth-order valence-electron chi connectivity index (χ4n) is 1.58. The van der Waals surface area contributed by atoms with E-state index in [-0.39, 0.29) is 12.4 Å². The van der Waals surface area contributed by atoms with E-state index in [4.69, 9.17) is 9.47 Å². The van der Waals surface area contributed by atoms with Crippen LogP contribution in [0.5, 0.6) is 0 Å². The van der Waals surface area contributed by atoms with Crippen molar-refractivity contribution in [3.63, 3.8) is 0 Å². The molecule has 0 saturated heterocycles. The molecule has 1 aromatic rings. The molecule has 0 unspecified atom stereocenters. The lowest BCUT2D eigenvalue weighted by Crippen LogP contribution is -2.10. The Balaban J connectivity index is 2.85. The third-order valence-corrected chi connectivity index (χ3v) is 3.05. The van der Waals surface area contributed by atoms with Crippen LogP contribution < -0.4 is 0 Å². The molecule has 4 nitrogen and oxygen atoms in total. The standard InChI is InChI=1S/C13H15BrO4/c1-3-18-11(15)8-7-9-5-4-6-10(14)12(9)13(16)17-2/h4-6H,3,7-8H2,1-2H3. The van der Waals surface area contributed by atoms with Gasteiger partial charge >= 0.3 is 11.9 Å². The number of aryl methyl sites for hydroxylation is 1. The number of esters is 2. The van der Waals surface area contributed by atoms with Crippen molar-refractivity contribution in [3.05, 3.63) is 33.8 Å². The lowest BCUT2D eigenvalue weighted by Gasteiger charge is -2.09. The number of ether oxygens (including phenoxy) is 2. The monoisotopic (exact) mass is 314 g/mol. The second-order valence-electron chi connectivity index (χ2n) is 3.57. The molecule has 0 bridgehead atoms. The van der Waals surface area contributed by atoms with E-state index in [2.05, 4.69) is 15.9 Å². The van der Waals surface area contributed by atoms with Gasteiger partial charge in [-0.05, 0) is 40.9 Å². The predicted molar refractivity (Wildman–Crippen MR) is 70.4 cm³/mol. The zero-order valence-electron chi connectivity index (χ0n) is 10.4. The Morgan fingerprint density at radius 1 is 1.33 bits per heavy atom. The van der Waals surface area contributed by atoms with E-state index >= 15 is 0 Å². The number of rotatable bonds is 5. The van der Waals surface area contributed by atoms with Gasteiger partial charge in [-0.15, -0.1) is 0 Å². The number of hydrogen-bond acceptors (Lipinski definition) is 4. The van der Waals surface area contributed by atoms with Crippen LogP contribution in [-0.4, -0.2) is 25.7 Å². The largest absolute Gasteiger partial charge is 0.466 e. The lowest BCUT2D eigenvalue weighted by molar-refractivity contribution is -0.143. The molecule has 0 N–H and O–H groups in total. The molecule has 0 aliphatic carbocycles. The minimum atomic E-state index is -0.415. The van der Waals surface area contributed by atoms with Crippen LogP contribution in [0.15, 0.2) is 22.7 Å². The minimum absolute atomic E-state index is 0.244. The van der Waals surface area contributed by atoms with E-state index in [1.54, 1.807) is 19.1 Å². The maximum Gasteiger partial charge on any atom is 0.339 e. The van der Waals surface area contributed by atoms with Gasteiger partial charge in [-0.3, -0.25) is 4.79 Å². The molecular weight excluding hydrogens is 300 g/mol. The average molecular weight is 315 g/mol. The number of carbonyl (C=O) groups excluding carboxylic acids is 2. The average Bonchev–Trinajstić information content (AvgIpc) is 2.36. The van der Waals surface area contributed by atoms with Crippen LogP contribution in [0, 0.1) is 0 Å². The van der Waals surface area contributed by atoms with Crippen molar-refractivity contribution in [2.24, 2.45) is 0 Å². The van der Waals surface area contributed by atoms with Crippen molar-refractivity contribution in [1.82, 2.24) is 0 Å². The van der Waals surface area contributed by atoms with Crippen LogP contribution >= 0.6 is 15.9 Å². The fourth-order valence-corrected chi connectivity index (χ4v) is 2.15. The molecule has 98 valence electrons. The van der Waals surface area contributed by atoms with Gasteiger partial charge in [0, 0.05) is 10.9 Å². The first-order chi connectivity index (χ1) is 8.60. The first-order valence-corrected chi connectivity index (χ1v) is 6.40. The third-order valence-electron chi connectivity index (χ3n) is 2.39. The Morgan fingerprint density at radius 2 is 2.06 bits per heavy atom. The van der Waals surface area contributed by atoms with Crippen molar-refractivity contribution < 1.29 is 19.1 Å². The molecule has 1 rings (SSSR count). The van der Waals surface area contributed by atoms with E-state index in [0.29, 0.717) is 23.1 Å². The molecule has 0 aliphatic rings. The van der Waals surface area contributed by atoms with Gasteiger partial charge in [0.15, 0.2) is 0 Å². The van der Waals surface area contributed by atoms with E-state index in [1.807, 2.05) is 6.07 Å². The van der Waals surface area contributed by atoms with Gasteiger partial charge in [-0.1, -0.05) is 12.1 Å². The maximum atomic E-state index is 11.7. The Morgan fingerprint density at radius 3 is 2.67 bits per heavy atom. The van der Waals surface area contributed by atoms with Gasteiger partial charge in [0.25, 0.3) is 0 Å². The number of carbonyl (C=O) groups is 2. The van der Waals surface area contributed by atoms with E-state index in [9.17, 15) is 9.59 Å². The van der Waals surface area contributed by atoms with Crippen LogP contribution in [0.3, 0.4) is 0 Å². The smallest absolute Gasteiger partial charge is 0.339 e. The summed E-state index contributed by atoms with van der Waals surface area (Å²) in [5.41, 5.74) is 1.23. The first-order valence-electron chi connectivity index (χ1n) is 5.61. The molecule has 0 spiro atoms. The van der Waals surface area contributed by atoms with Crippen LogP contribution in [0.25, 0.3) is 0 Å². The summed E-state index contributed by atoms with van der Waals surface area (Å²) < 4.78 is 10.2. The number of hydrogen-bond donors (Lipinski definition) is 0. The van der Waals surface area contributed by atoms with Gasteiger partial charge < -0.3 is 9.47 Å². The highest BCUT2D eigenvalue weighted by molar-refractivity contribution is 9.10. The van der Waals surface area contributed by atoms with Crippen LogP contribution in [0.2, 0.25) is 0 Å². The summed E-state index contributed by atoms with van der Waals surface area (Å²) >= 11 is 3.31. The quantitative estimate of drug-likeness (QED) is 0.784. The summed E-state index contributed by atoms with van der Waals surface area (Å²) in [6.45, 7) is 2.12. The lowest BCUT2D eigenvalue weighted by atomic mass is 10.0. The fraction of sp³-hybridized carbons (Fsp3) is 0.385. The molecule has 0 fully saturated rings. The Labute approximate surface area is 114 Å². The SMILES string of the molecule is CCOC(=O)CCc1cccc(Br)c1C(=O)OC. The zero-order valence-corrected chi connectivity index (χ0v) is 12.0. The molecule has 0 amide bonds. The molecule has 0 atom stereocenters. The zero-order chi connectivity index (χ0) is 13.5. The van der Waals surface area contributed by atoms with Gasteiger partial charge in [-0.25, -0.2) is 4.79 Å². The van der Waals surface area contributed by atoms with Crippen molar-refractivity contribution in [2.75, 3.05) is 13.7 Å². The van der Waals surface area contributed by atoms with E-state index in [0.717, 1.165) is 5.56 Å². The summed E-state index contributed by atoms with van der Waals surface area (Å²) in [6, 6.07) is 5.38. The molecule has 1 aromatic carbocycles. The van der Waals surface area contributed by atoms with E-state index < -0.39 is 5.97 Å². The Kier molecular flexibility index (Phi) is 5.85. The van der Waals surface area contributed by atoms with Crippen LogP contribution in [0.1, 0.15) is 29.3 Å². The summed E-state index contributed by atoms with van der Waals surface area (Å²) in [5.74, 6) is -0.686. The molecule has 0 aromatic heterocycles. The first kappa shape index (κ1) is 14.7. The van der Waals surface area contributed by atoms with Crippen LogP contribution in [0.4, 0.5) is 0 Å². The molecule has 0 radical (unpaired) electrons. The highest BCUT2D eigenvalue weighted by Crippen LogP contribution is 2.22. The second kappa shape index (κ2) is 7.16. The van der Waals surface area contributed by atoms with Gasteiger partial charge in [0.2, 0.25) is 0 Å². The van der Waals surface area contributed by atoms with Gasteiger partial charge in [0.05, 0.1) is 19.3 Å². The summed E-state index contributed by atoms with van der Waals surface area (Å²) in [7, 11) is 1.33.